The van der Waals surface area contributed by atoms with Crippen molar-refractivity contribution in [3.63, 3.8) is 0 Å². The van der Waals surface area contributed by atoms with Crippen molar-refractivity contribution >= 4 is 5.91 Å². The number of piperidine rings is 1. The van der Waals surface area contributed by atoms with Crippen LogP contribution in [0.1, 0.15) is 26.2 Å². The molecule has 76 valence electrons. The Balaban J connectivity index is 2.37. The summed E-state index contributed by atoms with van der Waals surface area (Å²) < 4.78 is 5.11. The largest absolute Gasteiger partial charge is 0.384 e. The number of ether oxygens (including phenoxy) is 1. The van der Waals surface area contributed by atoms with Gasteiger partial charge in [0.15, 0.2) is 0 Å². The minimum atomic E-state index is 0.279. The van der Waals surface area contributed by atoms with Gasteiger partial charge in [-0.2, -0.15) is 0 Å². The Bertz CT molecular complexity index is 168. The van der Waals surface area contributed by atoms with Crippen LogP contribution < -0.4 is 0 Å². The van der Waals surface area contributed by atoms with Crippen molar-refractivity contribution in [2.45, 2.75) is 26.2 Å². The Morgan fingerprint density at radius 1 is 1.62 bits per heavy atom. The predicted octanol–water partition coefficient (Wildman–Crippen LogP) is 1.28. The van der Waals surface area contributed by atoms with Gasteiger partial charge in [0.05, 0.1) is 6.61 Å². The number of carbonyl (C=O) groups excluding carboxylic acids is 1. The summed E-state index contributed by atoms with van der Waals surface area (Å²) >= 11 is 0. The first-order valence-electron chi connectivity index (χ1n) is 5.04. The SMILES string of the molecule is CCC(=O)N1CCCC(COC)C1. The number of carbonyl (C=O) groups is 1. The third-order valence-electron chi connectivity index (χ3n) is 2.58. The highest BCUT2D eigenvalue weighted by molar-refractivity contribution is 5.75. The van der Waals surface area contributed by atoms with Crippen LogP contribution in [0.4, 0.5) is 0 Å². The number of hydrogen-bond acceptors (Lipinski definition) is 2. The van der Waals surface area contributed by atoms with Gasteiger partial charge in [0.2, 0.25) is 5.91 Å². The van der Waals surface area contributed by atoms with E-state index in [0.717, 1.165) is 26.1 Å². The molecule has 1 atom stereocenters. The van der Waals surface area contributed by atoms with Crippen molar-refractivity contribution in [3.05, 3.63) is 0 Å². The molecule has 1 aliphatic heterocycles. The van der Waals surface area contributed by atoms with Gasteiger partial charge in [-0.1, -0.05) is 6.92 Å². The van der Waals surface area contributed by atoms with Gasteiger partial charge in [-0.15, -0.1) is 0 Å². The number of likely N-dealkylation sites (tertiary alicyclic amines) is 1. The molecule has 1 saturated heterocycles. The summed E-state index contributed by atoms with van der Waals surface area (Å²) in [7, 11) is 1.72. The van der Waals surface area contributed by atoms with Gasteiger partial charge in [0, 0.05) is 26.6 Å². The molecule has 0 aromatic rings. The van der Waals surface area contributed by atoms with E-state index in [0.29, 0.717) is 12.3 Å². The topological polar surface area (TPSA) is 29.5 Å². The summed E-state index contributed by atoms with van der Waals surface area (Å²) in [6.07, 6.45) is 2.95. The highest BCUT2D eigenvalue weighted by atomic mass is 16.5. The molecule has 1 aliphatic rings. The third kappa shape index (κ3) is 2.99. The molecule has 0 aromatic carbocycles. The number of methoxy groups -OCH3 is 1. The summed E-state index contributed by atoms with van der Waals surface area (Å²) in [5.74, 6) is 0.829. The van der Waals surface area contributed by atoms with Gasteiger partial charge in [-0.25, -0.2) is 0 Å². The second-order valence-corrected chi connectivity index (χ2v) is 3.66. The van der Waals surface area contributed by atoms with Crippen LogP contribution in [-0.2, 0) is 9.53 Å². The van der Waals surface area contributed by atoms with E-state index in [9.17, 15) is 4.79 Å². The number of amides is 1. The van der Waals surface area contributed by atoms with Crippen LogP contribution in [0, 0.1) is 5.92 Å². The van der Waals surface area contributed by atoms with Crippen LogP contribution in [0.3, 0.4) is 0 Å². The summed E-state index contributed by atoms with van der Waals surface area (Å²) in [4.78, 5) is 13.4. The highest BCUT2D eigenvalue weighted by Gasteiger charge is 2.22. The van der Waals surface area contributed by atoms with E-state index in [1.54, 1.807) is 7.11 Å². The monoisotopic (exact) mass is 185 g/mol. The first-order valence-corrected chi connectivity index (χ1v) is 5.04. The average molecular weight is 185 g/mol. The smallest absolute Gasteiger partial charge is 0.222 e. The summed E-state index contributed by atoms with van der Waals surface area (Å²) in [5, 5.41) is 0. The maximum Gasteiger partial charge on any atom is 0.222 e. The van der Waals surface area contributed by atoms with Crippen LogP contribution in [-0.4, -0.2) is 37.6 Å². The van der Waals surface area contributed by atoms with Crippen molar-refractivity contribution in [3.8, 4) is 0 Å². The minimum Gasteiger partial charge on any atom is -0.384 e. The van der Waals surface area contributed by atoms with Crippen molar-refractivity contribution in [1.82, 2.24) is 4.90 Å². The van der Waals surface area contributed by atoms with E-state index in [2.05, 4.69) is 0 Å². The first-order chi connectivity index (χ1) is 6.27. The third-order valence-corrected chi connectivity index (χ3v) is 2.58. The quantitative estimate of drug-likeness (QED) is 0.663. The molecule has 1 rings (SSSR count). The van der Waals surface area contributed by atoms with Gasteiger partial charge in [0.1, 0.15) is 0 Å². The highest BCUT2D eigenvalue weighted by Crippen LogP contribution is 2.16. The second kappa shape index (κ2) is 5.22. The molecule has 0 radical (unpaired) electrons. The maximum atomic E-state index is 11.4. The zero-order valence-corrected chi connectivity index (χ0v) is 8.58. The number of hydrogen-bond donors (Lipinski definition) is 0. The lowest BCUT2D eigenvalue weighted by molar-refractivity contribution is -0.133. The molecule has 1 heterocycles. The van der Waals surface area contributed by atoms with E-state index in [4.69, 9.17) is 4.74 Å². The fourth-order valence-corrected chi connectivity index (χ4v) is 1.89. The molecular formula is C10H19NO2. The average Bonchev–Trinajstić information content (AvgIpc) is 2.18. The number of nitrogens with zero attached hydrogens (tertiary/aromatic N) is 1. The lowest BCUT2D eigenvalue weighted by atomic mass is 9.99. The van der Waals surface area contributed by atoms with Gasteiger partial charge in [-0.05, 0) is 18.8 Å². The fourth-order valence-electron chi connectivity index (χ4n) is 1.89. The van der Waals surface area contributed by atoms with E-state index < -0.39 is 0 Å². The molecule has 0 spiro atoms. The lowest BCUT2D eigenvalue weighted by Gasteiger charge is -2.32. The van der Waals surface area contributed by atoms with Crippen molar-refractivity contribution in [1.29, 1.82) is 0 Å². The molecule has 1 unspecified atom stereocenters. The second-order valence-electron chi connectivity index (χ2n) is 3.66. The molecule has 0 bridgehead atoms. The van der Waals surface area contributed by atoms with Gasteiger partial charge in [0.25, 0.3) is 0 Å². The molecule has 3 nitrogen and oxygen atoms in total. The van der Waals surface area contributed by atoms with Crippen molar-refractivity contribution in [2.24, 2.45) is 5.92 Å². The number of rotatable bonds is 3. The van der Waals surface area contributed by atoms with E-state index in [1.165, 1.54) is 6.42 Å². The summed E-state index contributed by atoms with van der Waals surface area (Å²) in [5.41, 5.74) is 0. The Morgan fingerprint density at radius 3 is 3.00 bits per heavy atom. The van der Waals surface area contributed by atoms with Crippen LogP contribution in [0.15, 0.2) is 0 Å². The molecule has 3 heteroatoms. The molecule has 0 saturated carbocycles. The Morgan fingerprint density at radius 2 is 2.38 bits per heavy atom. The van der Waals surface area contributed by atoms with Crippen LogP contribution in [0.2, 0.25) is 0 Å². The van der Waals surface area contributed by atoms with Crippen molar-refractivity contribution in [2.75, 3.05) is 26.8 Å². The molecule has 1 amide bonds. The van der Waals surface area contributed by atoms with Crippen LogP contribution in [0.5, 0.6) is 0 Å². The summed E-state index contributed by atoms with van der Waals surface area (Å²) in [6, 6.07) is 0. The van der Waals surface area contributed by atoms with Crippen LogP contribution in [0.25, 0.3) is 0 Å². The van der Waals surface area contributed by atoms with E-state index >= 15 is 0 Å². The zero-order valence-electron chi connectivity index (χ0n) is 8.58. The Kier molecular flexibility index (Phi) is 4.22. The van der Waals surface area contributed by atoms with Crippen molar-refractivity contribution < 1.29 is 9.53 Å². The minimum absolute atomic E-state index is 0.279. The molecule has 1 fully saturated rings. The summed E-state index contributed by atoms with van der Waals surface area (Å²) in [6.45, 7) is 4.53. The zero-order chi connectivity index (χ0) is 9.68. The van der Waals surface area contributed by atoms with Gasteiger partial charge >= 0.3 is 0 Å². The fraction of sp³-hybridized carbons (Fsp3) is 0.900. The molecule has 13 heavy (non-hydrogen) atoms. The maximum absolute atomic E-state index is 11.4. The molecule has 0 N–H and O–H groups in total. The first kappa shape index (κ1) is 10.5. The van der Waals surface area contributed by atoms with E-state index in [-0.39, 0.29) is 5.91 Å². The molecular weight excluding hydrogens is 166 g/mol. The molecule has 0 aliphatic carbocycles. The normalized spacial score (nSPS) is 23.2. The van der Waals surface area contributed by atoms with Gasteiger partial charge in [-0.3, -0.25) is 4.79 Å². The Hall–Kier alpha value is -0.570. The lowest BCUT2D eigenvalue weighted by Crippen LogP contribution is -2.40. The molecule has 0 aromatic heterocycles. The van der Waals surface area contributed by atoms with Gasteiger partial charge < -0.3 is 9.64 Å². The standard InChI is InChI=1S/C10H19NO2/c1-3-10(12)11-6-4-5-9(7-11)8-13-2/h9H,3-8H2,1-2H3. The Labute approximate surface area is 80.1 Å². The van der Waals surface area contributed by atoms with Crippen LogP contribution >= 0.6 is 0 Å². The van der Waals surface area contributed by atoms with E-state index in [1.807, 2.05) is 11.8 Å². The predicted molar refractivity (Wildman–Crippen MR) is 51.5 cm³/mol.